The maximum absolute atomic E-state index is 12.8. The van der Waals surface area contributed by atoms with Gasteiger partial charge in [-0.25, -0.2) is 31.1 Å². The van der Waals surface area contributed by atoms with Crippen LogP contribution in [-0.4, -0.2) is 80.4 Å². The smallest absolute Gasteiger partial charge is 0.341 e. The number of carboxylic acid groups (broad SMARTS) is 1. The standard InChI is InChI=1S/C27H25N3O6S.C25H24N2O4S.C19H18O3/c1-17-11-13-20(14-12-17)37(34,35)29-23(31)16-36-22-10-6-9-21-25(22)24(26(32)27(28)33)18(2)30(21)15-19-7-4-3-5-8-19;1-18-11-13-21(14-12-18)32(29,30)26-25(28)17-31-24-10-6-9-23-22(24)15-19(2)27(23)16-20-7-4-3-5-8-20;1-13-10-17-15(8-5-9-18(17)22-12-19(20)21)16(13)11-14-6-3-2-4-7-14/h3-14H,15-16H2,1-2H3,(H2,28,33)(H,29,31);3-15H,16-17H2,1-2H3,(H,26,28);2-10,16H,11-12H2,1H3,(H,20,21). The molecule has 0 fully saturated rings. The number of hydrogen-bond donors (Lipinski definition) is 4. The number of rotatable bonds is 21. The molecule has 18 nitrogen and oxygen atoms in total. The molecule has 8 aromatic carbocycles. The molecule has 1 aliphatic rings. The van der Waals surface area contributed by atoms with Gasteiger partial charge in [-0.3, -0.25) is 19.2 Å². The van der Waals surface area contributed by atoms with Gasteiger partial charge in [-0.2, -0.15) is 0 Å². The number of aliphatic carboxylic acids is 1. The molecule has 1 aliphatic carbocycles. The van der Waals surface area contributed by atoms with Gasteiger partial charge < -0.3 is 34.2 Å². The first-order valence-corrected chi connectivity index (χ1v) is 31.9. The summed E-state index contributed by atoms with van der Waals surface area (Å²) in [7, 11) is -8.04. The second kappa shape index (κ2) is 28.7. The van der Waals surface area contributed by atoms with Crippen molar-refractivity contribution in [3.8, 4) is 17.2 Å². The van der Waals surface area contributed by atoms with Gasteiger partial charge in [-0.1, -0.05) is 162 Å². The van der Waals surface area contributed by atoms with Crippen LogP contribution in [0.15, 0.2) is 216 Å². The summed E-state index contributed by atoms with van der Waals surface area (Å²) in [5, 5.41) is 9.97. The maximum Gasteiger partial charge on any atom is 0.341 e. The van der Waals surface area contributed by atoms with E-state index in [1.54, 1.807) is 49.4 Å². The van der Waals surface area contributed by atoms with Crippen molar-refractivity contribution in [2.75, 3.05) is 19.8 Å². The quantitative estimate of drug-likeness (QED) is 0.0386. The topological polar surface area (TPSA) is 261 Å². The second-order valence-electron chi connectivity index (χ2n) is 21.8. The Bertz CT molecular complexity index is 4590. The molecule has 91 heavy (non-hydrogen) atoms. The maximum atomic E-state index is 12.8. The van der Waals surface area contributed by atoms with Crippen LogP contribution in [0.2, 0.25) is 0 Å². The molecule has 0 saturated heterocycles. The summed E-state index contributed by atoms with van der Waals surface area (Å²) in [6.07, 6.45) is 3.05. The first-order chi connectivity index (χ1) is 43.6. The molecule has 3 amide bonds. The molecule has 11 rings (SSSR count). The number of carboxylic acids is 1. The zero-order chi connectivity index (χ0) is 65.0. The minimum absolute atomic E-state index is 0.0344. The van der Waals surface area contributed by atoms with Crippen molar-refractivity contribution in [3.63, 3.8) is 0 Å². The molecule has 2 heterocycles. The Hall–Kier alpha value is -10.6. The predicted molar refractivity (Wildman–Crippen MR) is 348 cm³/mol. The van der Waals surface area contributed by atoms with E-state index in [-0.39, 0.29) is 27.7 Å². The average Bonchev–Trinajstić information content (AvgIpc) is 1.74. The van der Waals surface area contributed by atoms with Gasteiger partial charge in [0.1, 0.15) is 17.2 Å². The van der Waals surface area contributed by atoms with Crippen molar-refractivity contribution in [2.24, 2.45) is 5.73 Å². The van der Waals surface area contributed by atoms with Gasteiger partial charge >= 0.3 is 5.97 Å². The highest BCUT2D eigenvalue weighted by atomic mass is 32.2. The van der Waals surface area contributed by atoms with Crippen LogP contribution < -0.4 is 29.4 Å². The van der Waals surface area contributed by atoms with Crippen LogP contribution in [-0.2, 0) is 58.7 Å². The van der Waals surface area contributed by atoms with Crippen molar-refractivity contribution < 1.29 is 60.1 Å². The number of fused-ring (bicyclic) bond motifs is 3. The van der Waals surface area contributed by atoms with E-state index in [9.17, 15) is 40.8 Å². The summed E-state index contributed by atoms with van der Waals surface area (Å²) in [5.41, 5.74) is 17.3. The lowest BCUT2D eigenvalue weighted by Crippen LogP contribution is -2.34. The highest BCUT2D eigenvalue weighted by Crippen LogP contribution is 2.42. The molecule has 1 atom stereocenters. The number of carbonyl (C=O) groups excluding carboxylic acids is 4. The summed E-state index contributed by atoms with van der Waals surface area (Å²) in [6.45, 7) is 9.28. The Kier molecular flexibility index (Phi) is 20.5. The van der Waals surface area contributed by atoms with E-state index in [1.165, 1.54) is 52.6 Å². The van der Waals surface area contributed by atoms with Crippen molar-refractivity contribution in [3.05, 3.63) is 262 Å². The van der Waals surface area contributed by atoms with Gasteiger partial charge in [0.25, 0.3) is 43.6 Å². The van der Waals surface area contributed by atoms with E-state index in [0.29, 0.717) is 40.6 Å². The summed E-state index contributed by atoms with van der Waals surface area (Å²) in [4.78, 5) is 60.1. The lowest BCUT2D eigenvalue weighted by Gasteiger charge is -2.15. The largest absolute Gasteiger partial charge is 0.483 e. The van der Waals surface area contributed by atoms with Gasteiger partial charge in [0, 0.05) is 41.3 Å². The number of Topliss-reactive ketones (excluding diaryl/α,β-unsaturated/α-hetero) is 1. The van der Waals surface area contributed by atoms with Crippen molar-refractivity contribution >= 4 is 77.4 Å². The number of allylic oxidation sites excluding steroid dienone is 1. The number of sulfonamides is 2. The number of primary amides is 1. The van der Waals surface area contributed by atoms with Gasteiger partial charge in [-0.05, 0) is 124 Å². The molecular formula is C71H67N5O13S2. The number of ketones is 1. The molecular weight excluding hydrogens is 1190 g/mol. The summed E-state index contributed by atoms with van der Waals surface area (Å²) < 4.78 is 74.8. The average molecular weight is 1260 g/mol. The third kappa shape index (κ3) is 16.0. The molecule has 0 aliphatic heterocycles. The number of ether oxygens (including phenoxy) is 3. The number of carbonyl (C=O) groups is 5. The Labute approximate surface area is 527 Å². The zero-order valence-electron chi connectivity index (χ0n) is 50.6. The molecule has 2 aromatic heterocycles. The fourth-order valence-corrected chi connectivity index (χ4v) is 12.6. The zero-order valence-corrected chi connectivity index (χ0v) is 52.2. The highest BCUT2D eigenvalue weighted by molar-refractivity contribution is 7.90. The first-order valence-electron chi connectivity index (χ1n) is 28.9. The first kappa shape index (κ1) is 64.9. The second-order valence-corrected chi connectivity index (χ2v) is 25.1. The SMILES string of the molecule is CC1=Cc2c(OCC(=O)O)cccc2C1Cc1ccccc1.Cc1ccc(S(=O)(=O)NC(=O)COc2cccc3c2c(C(=O)C(N)=O)c(C)n3Cc2ccccc2)cc1.Cc1ccc(S(=O)(=O)NC(=O)COc2cccc3c2cc(C)n3Cc2ccccc2)cc1. The predicted octanol–water partition coefficient (Wildman–Crippen LogP) is 10.9. The van der Waals surface area contributed by atoms with Crippen molar-refractivity contribution in [1.82, 2.24) is 18.6 Å². The fraction of sp³-hybridized carbons (Fsp3) is 0.169. The lowest BCUT2D eigenvalue weighted by atomic mass is 9.90. The molecule has 0 saturated carbocycles. The number of benzene rings is 8. The number of nitrogens with one attached hydrogen (secondary N) is 2. The van der Waals surface area contributed by atoms with Crippen LogP contribution in [0.1, 0.15) is 73.5 Å². The van der Waals surface area contributed by atoms with E-state index in [2.05, 4.69) is 64.8 Å². The number of nitrogens with zero attached hydrogens (tertiary/aromatic N) is 2. The Morgan fingerprint density at radius 1 is 0.516 bits per heavy atom. The van der Waals surface area contributed by atoms with E-state index in [0.717, 1.165) is 51.8 Å². The molecule has 10 aromatic rings. The van der Waals surface area contributed by atoms with Crippen LogP contribution in [0.5, 0.6) is 17.2 Å². The molecule has 20 heteroatoms. The molecule has 0 radical (unpaired) electrons. The summed E-state index contributed by atoms with van der Waals surface area (Å²) in [6, 6.07) is 60.9. The molecule has 466 valence electrons. The number of amides is 3. The van der Waals surface area contributed by atoms with Crippen LogP contribution in [0.4, 0.5) is 0 Å². The number of aryl methyl sites for hydroxylation is 3. The number of nitrogens with two attached hydrogens (primary N) is 1. The third-order valence-electron chi connectivity index (χ3n) is 15.1. The van der Waals surface area contributed by atoms with Gasteiger partial charge in [0.2, 0.25) is 0 Å². The third-order valence-corrected chi connectivity index (χ3v) is 17.9. The Morgan fingerprint density at radius 2 is 0.978 bits per heavy atom. The monoisotopic (exact) mass is 1260 g/mol. The Balaban J connectivity index is 0.000000166. The highest BCUT2D eigenvalue weighted by Gasteiger charge is 2.28. The van der Waals surface area contributed by atoms with Crippen molar-refractivity contribution in [1.29, 1.82) is 0 Å². The van der Waals surface area contributed by atoms with Crippen LogP contribution in [0, 0.1) is 27.7 Å². The number of aromatic nitrogens is 2. The fourth-order valence-electron chi connectivity index (χ4n) is 10.7. The van der Waals surface area contributed by atoms with Crippen LogP contribution in [0.3, 0.4) is 0 Å². The van der Waals surface area contributed by atoms with Crippen LogP contribution >= 0.6 is 0 Å². The minimum atomic E-state index is -4.09. The van der Waals surface area contributed by atoms with E-state index < -0.39 is 62.7 Å². The molecule has 5 N–H and O–H groups in total. The molecule has 1 unspecified atom stereocenters. The van der Waals surface area contributed by atoms with E-state index in [4.69, 9.17) is 25.1 Å². The van der Waals surface area contributed by atoms with Gasteiger partial charge in [0.05, 0.1) is 31.8 Å². The number of hydrogen-bond acceptors (Lipinski definition) is 12. The lowest BCUT2D eigenvalue weighted by molar-refractivity contribution is -0.139. The summed E-state index contributed by atoms with van der Waals surface area (Å²) in [5.74, 6) is -2.97. The molecule has 0 spiro atoms. The van der Waals surface area contributed by atoms with Crippen LogP contribution in [0.25, 0.3) is 27.9 Å². The van der Waals surface area contributed by atoms with Gasteiger partial charge in [0.15, 0.2) is 19.8 Å². The van der Waals surface area contributed by atoms with Gasteiger partial charge in [-0.15, -0.1) is 0 Å². The van der Waals surface area contributed by atoms with E-state index >= 15 is 0 Å². The van der Waals surface area contributed by atoms with Crippen molar-refractivity contribution in [2.45, 2.75) is 69.8 Å². The normalized spacial score (nSPS) is 12.5. The minimum Gasteiger partial charge on any atom is -0.483 e. The Morgan fingerprint density at radius 3 is 1.51 bits per heavy atom. The molecule has 0 bridgehead atoms. The summed E-state index contributed by atoms with van der Waals surface area (Å²) >= 11 is 0. The van der Waals surface area contributed by atoms with E-state index in [1.807, 2.05) is 115 Å².